The summed E-state index contributed by atoms with van der Waals surface area (Å²) in [4.78, 5) is 15.0. The van der Waals surface area contributed by atoms with E-state index in [1.54, 1.807) is 44.4 Å². The molecule has 0 saturated carbocycles. The Hall–Kier alpha value is -3.91. The fourth-order valence-corrected chi connectivity index (χ4v) is 3.36. The van der Waals surface area contributed by atoms with E-state index < -0.39 is 4.92 Å². The van der Waals surface area contributed by atoms with E-state index in [9.17, 15) is 10.1 Å². The van der Waals surface area contributed by atoms with Crippen molar-refractivity contribution in [2.75, 3.05) is 7.11 Å². The highest BCUT2D eigenvalue weighted by Crippen LogP contribution is 2.32. The summed E-state index contributed by atoms with van der Waals surface area (Å²) in [6, 6.07) is 17.3. The van der Waals surface area contributed by atoms with Gasteiger partial charge >= 0.3 is 0 Å². The van der Waals surface area contributed by atoms with Gasteiger partial charge in [-0.15, -0.1) is 0 Å². The molecule has 32 heavy (non-hydrogen) atoms. The van der Waals surface area contributed by atoms with Crippen LogP contribution in [0.2, 0.25) is 5.02 Å². The Balaban J connectivity index is 1.52. The van der Waals surface area contributed by atoms with E-state index in [1.165, 1.54) is 6.07 Å². The molecule has 0 bridgehead atoms. The van der Waals surface area contributed by atoms with Crippen molar-refractivity contribution in [1.29, 1.82) is 0 Å². The Morgan fingerprint density at radius 3 is 2.72 bits per heavy atom. The lowest BCUT2D eigenvalue weighted by Crippen LogP contribution is -1.97. The first kappa shape index (κ1) is 21.3. The van der Waals surface area contributed by atoms with Crippen LogP contribution >= 0.6 is 11.6 Å². The number of halogens is 1. The molecule has 8 nitrogen and oxygen atoms in total. The van der Waals surface area contributed by atoms with Gasteiger partial charge in [0, 0.05) is 22.2 Å². The van der Waals surface area contributed by atoms with Crippen LogP contribution < -0.4 is 9.47 Å². The van der Waals surface area contributed by atoms with Gasteiger partial charge < -0.3 is 14.0 Å². The summed E-state index contributed by atoms with van der Waals surface area (Å²) in [6.07, 6.45) is 0. The van der Waals surface area contributed by atoms with Crippen LogP contribution in [0.25, 0.3) is 22.8 Å². The van der Waals surface area contributed by atoms with Crippen LogP contribution in [0.15, 0.2) is 65.2 Å². The quantitative estimate of drug-likeness (QED) is 0.256. The third-order valence-electron chi connectivity index (χ3n) is 4.77. The molecule has 3 aromatic carbocycles. The monoisotopic (exact) mass is 451 g/mol. The summed E-state index contributed by atoms with van der Waals surface area (Å²) in [5.74, 6) is 1.84. The molecule has 1 heterocycles. The van der Waals surface area contributed by atoms with E-state index >= 15 is 0 Å². The molecule has 4 aromatic rings. The third-order valence-corrected chi connectivity index (χ3v) is 5.01. The number of nitro groups is 1. The van der Waals surface area contributed by atoms with Gasteiger partial charge in [0.1, 0.15) is 18.1 Å². The van der Waals surface area contributed by atoms with Crippen molar-refractivity contribution < 1.29 is 18.9 Å². The van der Waals surface area contributed by atoms with Crippen LogP contribution in [0, 0.1) is 17.0 Å². The Morgan fingerprint density at radius 1 is 1.12 bits per heavy atom. The average Bonchev–Trinajstić information content (AvgIpc) is 3.28. The summed E-state index contributed by atoms with van der Waals surface area (Å²) in [5.41, 5.74) is 2.83. The summed E-state index contributed by atoms with van der Waals surface area (Å²) < 4.78 is 16.6. The van der Waals surface area contributed by atoms with Gasteiger partial charge in [-0.05, 0) is 55.0 Å². The highest BCUT2D eigenvalue weighted by Gasteiger charge is 2.16. The Bertz CT molecular complexity index is 1290. The lowest BCUT2D eigenvalue weighted by Gasteiger charge is -2.08. The first-order chi connectivity index (χ1) is 15.4. The highest BCUT2D eigenvalue weighted by molar-refractivity contribution is 6.30. The number of nitro benzene ring substituents is 1. The number of benzene rings is 3. The molecule has 0 saturated heterocycles. The van der Waals surface area contributed by atoms with Crippen molar-refractivity contribution in [3.05, 3.63) is 86.9 Å². The van der Waals surface area contributed by atoms with Gasteiger partial charge in [0.05, 0.1) is 17.6 Å². The molecule has 0 aliphatic carbocycles. The molecule has 0 N–H and O–H groups in total. The van der Waals surface area contributed by atoms with Crippen molar-refractivity contribution in [3.8, 4) is 34.3 Å². The first-order valence-electron chi connectivity index (χ1n) is 9.59. The number of methoxy groups -OCH3 is 1. The molecule has 162 valence electrons. The number of aromatic nitrogens is 2. The molecule has 0 unspecified atom stereocenters. The Morgan fingerprint density at radius 2 is 1.97 bits per heavy atom. The molecule has 0 aliphatic heterocycles. The first-order valence-corrected chi connectivity index (χ1v) is 9.97. The van der Waals surface area contributed by atoms with Gasteiger partial charge in [-0.1, -0.05) is 28.9 Å². The topological polar surface area (TPSA) is 101 Å². The van der Waals surface area contributed by atoms with E-state index in [4.69, 9.17) is 25.6 Å². The van der Waals surface area contributed by atoms with Crippen molar-refractivity contribution >= 4 is 17.3 Å². The van der Waals surface area contributed by atoms with Gasteiger partial charge in [-0.25, -0.2) is 0 Å². The van der Waals surface area contributed by atoms with Crippen molar-refractivity contribution in [3.63, 3.8) is 0 Å². The fraction of sp³-hybridized carbons (Fsp3) is 0.130. The fourth-order valence-electron chi connectivity index (χ4n) is 3.19. The van der Waals surface area contributed by atoms with Crippen LogP contribution in [0.3, 0.4) is 0 Å². The number of hydrogen-bond acceptors (Lipinski definition) is 7. The molecule has 0 aliphatic rings. The predicted octanol–water partition coefficient (Wildman–Crippen LogP) is 5.86. The zero-order chi connectivity index (χ0) is 22.7. The maximum absolute atomic E-state index is 11.0. The SMILES string of the molecule is COc1ccc(Cl)cc1-c1noc(-c2cccc(COc3ccc([N+](=O)[O-])c(C)c3)c2)n1. The van der Waals surface area contributed by atoms with Crippen LogP contribution in [0.4, 0.5) is 5.69 Å². The van der Waals surface area contributed by atoms with Crippen LogP contribution in [-0.4, -0.2) is 22.2 Å². The number of rotatable bonds is 7. The van der Waals surface area contributed by atoms with E-state index in [2.05, 4.69) is 10.1 Å². The van der Waals surface area contributed by atoms with Crippen molar-refractivity contribution in [1.82, 2.24) is 10.1 Å². The maximum Gasteiger partial charge on any atom is 0.272 e. The lowest BCUT2D eigenvalue weighted by molar-refractivity contribution is -0.385. The van der Waals surface area contributed by atoms with Gasteiger partial charge in [-0.3, -0.25) is 10.1 Å². The minimum absolute atomic E-state index is 0.0582. The van der Waals surface area contributed by atoms with Gasteiger partial charge in [0.15, 0.2) is 0 Å². The second-order valence-corrected chi connectivity index (χ2v) is 7.40. The number of hydrogen-bond donors (Lipinski definition) is 0. The van der Waals surface area contributed by atoms with E-state index in [0.717, 1.165) is 11.1 Å². The second kappa shape index (κ2) is 9.07. The zero-order valence-electron chi connectivity index (χ0n) is 17.2. The molecule has 0 spiro atoms. The van der Waals surface area contributed by atoms with Crippen LogP contribution in [0.5, 0.6) is 11.5 Å². The van der Waals surface area contributed by atoms with Crippen molar-refractivity contribution in [2.45, 2.75) is 13.5 Å². The van der Waals surface area contributed by atoms with E-state index in [1.807, 2.05) is 24.3 Å². The Labute approximate surface area is 188 Å². The summed E-state index contributed by atoms with van der Waals surface area (Å²) in [7, 11) is 1.56. The zero-order valence-corrected chi connectivity index (χ0v) is 18.0. The molecule has 9 heteroatoms. The maximum atomic E-state index is 11.0. The number of nitrogens with zero attached hydrogens (tertiary/aromatic N) is 3. The molecular weight excluding hydrogens is 434 g/mol. The highest BCUT2D eigenvalue weighted by atomic mass is 35.5. The molecular formula is C23H18ClN3O5. The van der Waals surface area contributed by atoms with Crippen LogP contribution in [-0.2, 0) is 6.61 Å². The van der Waals surface area contributed by atoms with Crippen molar-refractivity contribution in [2.24, 2.45) is 0 Å². The predicted molar refractivity (Wildman–Crippen MR) is 119 cm³/mol. The molecule has 0 fully saturated rings. The second-order valence-electron chi connectivity index (χ2n) is 6.96. The minimum atomic E-state index is -0.416. The number of aryl methyl sites for hydroxylation is 1. The molecule has 4 rings (SSSR count). The van der Waals surface area contributed by atoms with E-state index in [0.29, 0.717) is 39.4 Å². The van der Waals surface area contributed by atoms with E-state index in [-0.39, 0.29) is 12.3 Å². The molecule has 0 radical (unpaired) electrons. The smallest absolute Gasteiger partial charge is 0.272 e. The summed E-state index contributed by atoms with van der Waals surface area (Å²) >= 11 is 6.10. The Kier molecular flexibility index (Phi) is 6.04. The molecule has 0 atom stereocenters. The van der Waals surface area contributed by atoms with Gasteiger partial charge in [-0.2, -0.15) is 4.98 Å². The third kappa shape index (κ3) is 4.55. The summed E-state index contributed by atoms with van der Waals surface area (Å²) in [5, 5.41) is 15.6. The molecule has 0 amide bonds. The largest absolute Gasteiger partial charge is 0.496 e. The summed E-state index contributed by atoms with van der Waals surface area (Å²) in [6.45, 7) is 1.95. The van der Waals surface area contributed by atoms with Gasteiger partial charge in [0.25, 0.3) is 11.6 Å². The van der Waals surface area contributed by atoms with Gasteiger partial charge in [0.2, 0.25) is 5.82 Å². The standard InChI is InChI=1S/C23H18ClN3O5/c1-14-10-18(7-8-20(14)27(28)29)31-13-15-4-3-5-16(11-15)23-25-22(26-32-23)19-12-17(24)6-9-21(19)30-2/h3-12H,13H2,1-2H3. The average molecular weight is 452 g/mol. The minimum Gasteiger partial charge on any atom is -0.496 e. The number of ether oxygens (including phenoxy) is 2. The molecule has 1 aromatic heterocycles. The lowest BCUT2D eigenvalue weighted by atomic mass is 10.1. The van der Waals surface area contributed by atoms with Crippen LogP contribution in [0.1, 0.15) is 11.1 Å². The normalized spacial score (nSPS) is 10.7.